The molecule has 0 atom stereocenters. The van der Waals surface area contributed by atoms with E-state index >= 15 is 0 Å². The quantitative estimate of drug-likeness (QED) is 0.727. The molecule has 1 rings (SSSR count). The van der Waals surface area contributed by atoms with E-state index in [4.69, 9.17) is 10.5 Å². The van der Waals surface area contributed by atoms with Gasteiger partial charge in [-0.25, -0.2) is 10.5 Å². The second kappa shape index (κ2) is 7.75. The van der Waals surface area contributed by atoms with Crippen molar-refractivity contribution in [2.45, 2.75) is 52.4 Å². The van der Waals surface area contributed by atoms with Gasteiger partial charge in [0.1, 0.15) is 5.75 Å². The lowest BCUT2D eigenvalue weighted by atomic mass is 10.0. The summed E-state index contributed by atoms with van der Waals surface area (Å²) in [6, 6.07) is 5.93. The number of hydrogen-bond acceptors (Lipinski definition) is 2. The van der Waals surface area contributed by atoms with Gasteiger partial charge in [0.25, 0.3) is 0 Å². The van der Waals surface area contributed by atoms with Crippen LogP contribution in [0.5, 0.6) is 5.75 Å². The van der Waals surface area contributed by atoms with Crippen LogP contribution in [-0.2, 0) is 12.8 Å². The molecule has 0 unspecified atom stereocenters. The van der Waals surface area contributed by atoms with Gasteiger partial charge in [0.2, 0.25) is 0 Å². The molecule has 1 aromatic carbocycles. The largest absolute Gasteiger partial charge is 0.431 e. The highest BCUT2D eigenvalue weighted by molar-refractivity contribution is 5.67. The second-order valence-electron chi connectivity index (χ2n) is 4.54. The Bertz CT molecular complexity index is 388. The Labute approximate surface area is 109 Å². The summed E-state index contributed by atoms with van der Waals surface area (Å²) in [5.74, 6) is 0.545. The maximum absolute atomic E-state index is 10.7. The minimum Gasteiger partial charge on any atom is -0.409 e. The molecule has 1 radical (unpaired) electrons. The fourth-order valence-electron chi connectivity index (χ4n) is 1.93. The fraction of sp³-hybridized carbons (Fsp3) is 0.533. The molecule has 0 aliphatic heterocycles. The van der Waals surface area contributed by atoms with Crippen molar-refractivity contribution in [3.63, 3.8) is 0 Å². The Morgan fingerprint density at radius 1 is 1.17 bits per heavy atom. The predicted molar refractivity (Wildman–Crippen MR) is 72.8 cm³/mol. The van der Waals surface area contributed by atoms with Crippen molar-refractivity contribution in [2.75, 3.05) is 0 Å². The monoisotopic (exact) mass is 248 g/mol. The van der Waals surface area contributed by atoms with E-state index in [-0.39, 0.29) is 0 Å². The molecule has 0 saturated carbocycles. The van der Waals surface area contributed by atoms with E-state index in [2.05, 4.69) is 19.9 Å². The van der Waals surface area contributed by atoms with E-state index in [1.165, 1.54) is 18.4 Å². The van der Waals surface area contributed by atoms with Gasteiger partial charge in [-0.15, -0.1) is 0 Å². The number of ether oxygens (including phenoxy) is 1. The van der Waals surface area contributed by atoms with Crippen LogP contribution < -0.4 is 10.5 Å². The molecule has 0 aliphatic carbocycles. The summed E-state index contributed by atoms with van der Waals surface area (Å²) < 4.78 is 4.93. The van der Waals surface area contributed by atoms with Crippen LogP contribution in [0.4, 0.5) is 4.79 Å². The van der Waals surface area contributed by atoms with E-state index < -0.39 is 6.09 Å². The van der Waals surface area contributed by atoms with Crippen LogP contribution in [0.15, 0.2) is 18.2 Å². The first-order valence-electron chi connectivity index (χ1n) is 6.72. The third-order valence-electron chi connectivity index (χ3n) is 2.95. The van der Waals surface area contributed by atoms with Crippen LogP contribution in [-0.4, -0.2) is 6.09 Å². The second-order valence-corrected chi connectivity index (χ2v) is 4.54. The van der Waals surface area contributed by atoms with Crippen molar-refractivity contribution in [1.82, 2.24) is 5.73 Å². The molecule has 99 valence electrons. The van der Waals surface area contributed by atoms with E-state index in [1.54, 1.807) is 0 Å². The van der Waals surface area contributed by atoms with Gasteiger partial charge in [-0.2, -0.15) is 0 Å². The first-order valence-corrected chi connectivity index (χ1v) is 6.72. The van der Waals surface area contributed by atoms with Crippen molar-refractivity contribution in [2.24, 2.45) is 0 Å². The lowest BCUT2D eigenvalue weighted by Gasteiger charge is -2.10. The summed E-state index contributed by atoms with van der Waals surface area (Å²) in [6.45, 7) is 4.31. The Balaban J connectivity index is 2.84. The highest BCUT2D eigenvalue weighted by Crippen LogP contribution is 2.23. The summed E-state index contributed by atoms with van der Waals surface area (Å²) in [4.78, 5) is 10.7. The van der Waals surface area contributed by atoms with Crippen LogP contribution in [0.1, 0.15) is 50.7 Å². The summed E-state index contributed by atoms with van der Waals surface area (Å²) in [7, 11) is 0. The Morgan fingerprint density at radius 2 is 1.83 bits per heavy atom. The molecule has 1 aromatic rings. The zero-order chi connectivity index (χ0) is 13.4. The van der Waals surface area contributed by atoms with Gasteiger partial charge >= 0.3 is 6.09 Å². The van der Waals surface area contributed by atoms with Gasteiger partial charge in [-0.1, -0.05) is 38.8 Å². The number of hydrogen-bond donors (Lipinski definition) is 0. The first-order chi connectivity index (χ1) is 8.67. The molecule has 0 bridgehead atoms. The number of unbranched alkanes of at least 4 members (excludes halogenated alkanes) is 2. The molecule has 0 spiro atoms. The van der Waals surface area contributed by atoms with Crippen molar-refractivity contribution in [3.8, 4) is 5.75 Å². The number of amides is 1. The van der Waals surface area contributed by atoms with Crippen molar-refractivity contribution >= 4 is 6.09 Å². The summed E-state index contributed by atoms with van der Waals surface area (Å²) in [5.41, 5.74) is 9.22. The average molecular weight is 248 g/mol. The van der Waals surface area contributed by atoms with Crippen LogP contribution in [0.25, 0.3) is 0 Å². The average Bonchev–Trinajstić information content (AvgIpc) is 2.35. The van der Waals surface area contributed by atoms with Gasteiger partial charge in [0, 0.05) is 0 Å². The minimum absolute atomic E-state index is 0.545. The SMILES string of the molecule is CCCCc1ccc(OC([NH])=O)c(CCCC)c1. The summed E-state index contributed by atoms with van der Waals surface area (Å²) in [5, 5.41) is 0. The van der Waals surface area contributed by atoms with Crippen LogP contribution in [0.3, 0.4) is 0 Å². The highest BCUT2D eigenvalue weighted by Gasteiger charge is 2.08. The molecule has 0 heterocycles. The van der Waals surface area contributed by atoms with Crippen molar-refractivity contribution in [3.05, 3.63) is 29.3 Å². The van der Waals surface area contributed by atoms with Gasteiger partial charge in [-0.3, -0.25) is 0 Å². The highest BCUT2D eigenvalue weighted by atomic mass is 16.5. The molecule has 0 saturated heterocycles. The number of nitrogens with one attached hydrogen (secondary N) is 1. The van der Waals surface area contributed by atoms with Gasteiger partial charge < -0.3 is 4.74 Å². The Morgan fingerprint density at radius 3 is 2.44 bits per heavy atom. The number of carbonyl (C=O) groups is 1. The molecule has 18 heavy (non-hydrogen) atoms. The van der Waals surface area contributed by atoms with Crippen LogP contribution in [0, 0.1) is 0 Å². The van der Waals surface area contributed by atoms with Crippen LogP contribution >= 0.6 is 0 Å². The molecular weight excluding hydrogens is 226 g/mol. The Hall–Kier alpha value is -1.51. The summed E-state index contributed by atoms with van der Waals surface area (Å²) in [6.07, 6.45) is 5.49. The number of benzene rings is 1. The van der Waals surface area contributed by atoms with Crippen LogP contribution in [0.2, 0.25) is 0 Å². The summed E-state index contributed by atoms with van der Waals surface area (Å²) >= 11 is 0. The van der Waals surface area contributed by atoms with E-state index in [9.17, 15) is 4.79 Å². The topological polar surface area (TPSA) is 50.1 Å². The van der Waals surface area contributed by atoms with Crippen molar-refractivity contribution in [1.29, 1.82) is 0 Å². The van der Waals surface area contributed by atoms with E-state index in [1.807, 2.05) is 12.1 Å². The van der Waals surface area contributed by atoms with Crippen molar-refractivity contribution < 1.29 is 9.53 Å². The van der Waals surface area contributed by atoms with E-state index in [0.717, 1.165) is 31.2 Å². The lowest BCUT2D eigenvalue weighted by Crippen LogP contribution is -2.07. The molecule has 0 aromatic heterocycles. The third-order valence-corrected chi connectivity index (χ3v) is 2.95. The molecule has 3 heteroatoms. The number of rotatable bonds is 7. The third kappa shape index (κ3) is 4.78. The van der Waals surface area contributed by atoms with Gasteiger partial charge in [0.05, 0.1) is 0 Å². The Kier molecular flexibility index (Phi) is 6.26. The molecule has 3 nitrogen and oxygen atoms in total. The fourth-order valence-corrected chi connectivity index (χ4v) is 1.93. The smallest absolute Gasteiger partial charge is 0.409 e. The molecular formula is C15H22NO2. The zero-order valence-electron chi connectivity index (χ0n) is 11.3. The maximum atomic E-state index is 10.7. The number of carbonyl (C=O) groups excluding carboxylic acids is 1. The predicted octanol–water partition coefficient (Wildman–Crippen LogP) is 4.15. The standard InChI is InChI=1S/C15H22NO2/c1-3-5-7-12-9-10-14(18-15(16)17)13(11-12)8-6-4-2/h9-11,16H,3-8H2,1-2H3. The molecule has 0 fully saturated rings. The maximum Gasteiger partial charge on any atom is 0.431 e. The first kappa shape index (κ1) is 14.6. The number of aryl methyl sites for hydroxylation is 2. The van der Waals surface area contributed by atoms with Gasteiger partial charge in [-0.05, 0) is 42.9 Å². The van der Waals surface area contributed by atoms with E-state index in [0.29, 0.717) is 5.75 Å². The molecule has 0 aliphatic rings. The molecule has 1 amide bonds. The minimum atomic E-state index is -0.992. The molecule has 1 N–H and O–H groups in total. The van der Waals surface area contributed by atoms with Gasteiger partial charge in [0.15, 0.2) is 0 Å². The zero-order valence-corrected chi connectivity index (χ0v) is 11.3. The normalized spacial score (nSPS) is 10.3. The lowest BCUT2D eigenvalue weighted by molar-refractivity contribution is 0.208.